The largest absolute Gasteiger partial charge is 0.489 e. The van der Waals surface area contributed by atoms with Crippen LogP contribution in [0.5, 0.6) is 5.75 Å². The van der Waals surface area contributed by atoms with Gasteiger partial charge in [-0.3, -0.25) is 4.79 Å². The van der Waals surface area contributed by atoms with Crippen molar-refractivity contribution in [1.29, 1.82) is 0 Å². The summed E-state index contributed by atoms with van der Waals surface area (Å²) in [7, 11) is 0. The van der Waals surface area contributed by atoms with Gasteiger partial charge in [0.15, 0.2) is 11.4 Å². The molecule has 6 nitrogen and oxygen atoms in total. The van der Waals surface area contributed by atoms with Crippen LogP contribution < -0.4 is 10.1 Å². The molecule has 7 heteroatoms. The summed E-state index contributed by atoms with van der Waals surface area (Å²) in [5.74, 6) is 0.502. The first kappa shape index (κ1) is 19.3. The van der Waals surface area contributed by atoms with Gasteiger partial charge in [0.25, 0.3) is 5.91 Å². The van der Waals surface area contributed by atoms with Crippen molar-refractivity contribution < 1.29 is 9.53 Å². The highest BCUT2D eigenvalue weighted by Gasteiger charge is 2.24. The van der Waals surface area contributed by atoms with Crippen LogP contribution in [0.1, 0.15) is 30.3 Å². The van der Waals surface area contributed by atoms with E-state index in [9.17, 15) is 4.79 Å². The van der Waals surface area contributed by atoms with Gasteiger partial charge in [-0.15, -0.1) is 12.4 Å². The molecule has 2 heterocycles. The lowest BCUT2D eigenvalue weighted by Gasteiger charge is -2.19. The van der Waals surface area contributed by atoms with Gasteiger partial charge in [0.2, 0.25) is 0 Å². The Labute approximate surface area is 154 Å². The van der Waals surface area contributed by atoms with E-state index in [-0.39, 0.29) is 18.3 Å². The Hall–Kier alpha value is -2.05. The van der Waals surface area contributed by atoms with Gasteiger partial charge in [0, 0.05) is 19.6 Å². The number of nitrogens with zero attached hydrogens (tertiary/aromatic N) is 3. The van der Waals surface area contributed by atoms with E-state index in [4.69, 9.17) is 4.74 Å². The Morgan fingerprint density at radius 3 is 2.80 bits per heavy atom. The van der Waals surface area contributed by atoms with Gasteiger partial charge in [-0.25, -0.2) is 4.68 Å². The third-order valence-electron chi connectivity index (χ3n) is 3.99. The quantitative estimate of drug-likeness (QED) is 0.885. The van der Waals surface area contributed by atoms with E-state index in [1.54, 1.807) is 10.9 Å². The second-order valence-corrected chi connectivity index (χ2v) is 5.87. The van der Waals surface area contributed by atoms with E-state index in [0.717, 1.165) is 38.2 Å². The van der Waals surface area contributed by atoms with Crippen molar-refractivity contribution in [3.05, 3.63) is 42.2 Å². The number of carbonyl (C=O) groups excluding carboxylic acids is 1. The molecule has 1 aliphatic rings. The molecule has 25 heavy (non-hydrogen) atoms. The number of carbonyl (C=O) groups is 1. The molecule has 0 spiro atoms. The van der Waals surface area contributed by atoms with Crippen LogP contribution in [-0.2, 0) is 0 Å². The summed E-state index contributed by atoms with van der Waals surface area (Å²) in [6.07, 6.45) is 3.64. The first-order valence-corrected chi connectivity index (χ1v) is 8.57. The lowest BCUT2D eigenvalue weighted by Crippen LogP contribution is -2.34. The van der Waals surface area contributed by atoms with Crippen LogP contribution in [0.15, 0.2) is 36.5 Å². The fourth-order valence-electron chi connectivity index (χ4n) is 2.74. The van der Waals surface area contributed by atoms with Gasteiger partial charge >= 0.3 is 0 Å². The number of amides is 1. The summed E-state index contributed by atoms with van der Waals surface area (Å²) < 4.78 is 7.50. The summed E-state index contributed by atoms with van der Waals surface area (Å²) in [5, 5.41) is 7.83. The SMILES string of the molecule is CCCOc1cn(-c2ccccc2)nc1C(=O)N1CCCNCC1.Cl. The number of para-hydroxylation sites is 1. The maximum Gasteiger partial charge on any atom is 0.278 e. The molecule has 0 atom stereocenters. The van der Waals surface area contributed by atoms with Crippen LogP contribution in [0.2, 0.25) is 0 Å². The minimum absolute atomic E-state index is 0. The number of nitrogens with one attached hydrogen (secondary N) is 1. The summed E-state index contributed by atoms with van der Waals surface area (Å²) >= 11 is 0. The molecule has 0 saturated carbocycles. The molecule has 0 aliphatic carbocycles. The van der Waals surface area contributed by atoms with Crippen molar-refractivity contribution >= 4 is 18.3 Å². The summed E-state index contributed by atoms with van der Waals surface area (Å²) in [6, 6.07) is 9.77. The number of aromatic nitrogens is 2. The van der Waals surface area contributed by atoms with Crippen molar-refractivity contribution in [1.82, 2.24) is 20.0 Å². The van der Waals surface area contributed by atoms with Crippen LogP contribution in [0.25, 0.3) is 5.69 Å². The summed E-state index contributed by atoms with van der Waals surface area (Å²) in [4.78, 5) is 14.8. The van der Waals surface area contributed by atoms with Gasteiger partial charge in [0.05, 0.1) is 18.5 Å². The van der Waals surface area contributed by atoms with E-state index in [1.807, 2.05) is 42.2 Å². The first-order valence-electron chi connectivity index (χ1n) is 8.57. The molecule has 1 N–H and O–H groups in total. The van der Waals surface area contributed by atoms with Gasteiger partial charge < -0.3 is 15.0 Å². The summed E-state index contributed by atoms with van der Waals surface area (Å²) in [5.41, 5.74) is 1.31. The molecule has 1 fully saturated rings. The second kappa shape index (κ2) is 9.44. The van der Waals surface area contributed by atoms with Crippen molar-refractivity contribution in [3.8, 4) is 11.4 Å². The van der Waals surface area contributed by atoms with E-state index in [2.05, 4.69) is 10.4 Å². The first-order chi connectivity index (χ1) is 11.8. The summed E-state index contributed by atoms with van der Waals surface area (Å²) in [6.45, 7) is 5.82. The average molecular weight is 365 g/mol. The minimum atomic E-state index is -0.0560. The predicted octanol–water partition coefficient (Wildman–Crippen LogP) is 2.52. The van der Waals surface area contributed by atoms with Crippen LogP contribution in [0, 0.1) is 0 Å². The van der Waals surface area contributed by atoms with E-state index < -0.39 is 0 Å². The number of rotatable bonds is 5. The van der Waals surface area contributed by atoms with Crippen molar-refractivity contribution in [2.45, 2.75) is 19.8 Å². The monoisotopic (exact) mass is 364 g/mol. The van der Waals surface area contributed by atoms with E-state index >= 15 is 0 Å². The lowest BCUT2D eigenvalue weighted by molar-refractivity contribution is 0.0755. The van der Waals surface area contributed by atoms with E-state index in [1.165, 1.54) is 0 Å². The van der Waals surface area contributed by atoms with Crippen molar-refractivity contribution in [2.24, 2.45) is 0 Å². The molecule has 0 unspecified atom stereocenters. The molecule has 0 radical (unpaired) electrons. The molecule has 136 valence electrons. The minimum Gasteiger partial charge on any atom is -0.489 e. The molecule has 1 aromatic carbocycles. The van der Waals surface area contributed by atoms with Gasteiger partial charge in [-0.1, -0.05) is 25.1 Å². The predicted molar refractivity (Wildman–Crippen MR) is 100.0 cm³/mol. The van der Waals surface area contributed by atoms with Crippen molar-refractivity contribution in [2.75, 3.05) is 32.8 Å². The van der Waals surface area contributed by atoms with Crippen LogP contribution in [-0.4, -0.2) is 53.4 Å². The van der Waals surface area contributed by atoms with Gasteiger partial charge in [-0.05, 0) is 31.5 Å². The van der Waals surface area contributed by atoms with Gasteiger partial charge in [0.1, 0.15) is 0 Å². The number of hydrogen-bond donors (Lipinski definition) is 1. The third-order valence-corrected chi connectivity index (χ3v) is 3.99. The maximum atomic E-state index is 12.9. The zero-order valence-electron chi connectivity index (χ0n) is 14.5. The standard InChI is InChI=1S/C18H24N4O2.ClH/c1-2-13-24-16-14-22(15-7-4-3-5-8-15)20-17(16)18(23)21-11-6-9-19-10-12-21;/h3-5,7-8,14,19H,2,6,9-13H2,1H3;1H. The van der Waals surface area contributed by atoms with Crippen LogP contribution in [0.4, 0.5) is 0 Å². The normalized spacial score (nSPS) is 14.5. The van der Waals surface area contributed by atoms with Crippen molar-refractivity contribution in [3.63, 3.8) is 0 Å². The topological polar surface area (TPSA) is 59.4 Å². The lowest BCUT2D eigenvalue weighted by atomic mass is 10.3. The van der Waals surface area contributed by atoms with Gasteiger partial charge in [-0.2, -0.15) is 5.10 Å². The Kier molecular flexibility index (Phi) is 7.28. The Bertz CT molecular complexity index is 667. The second-order valence-electron chi connectivity index (χ2n) is 5.87. The fourth-order valence-corrected chi connectivity index (χ4v) is 2.74. The Balaban J connectivity index is 0.00000225. The zero-order valence-corrected chi connectivity index (χ0v) is 15.3. The molecular weight excluding hydrogens is 340 g/mol. The molecule has 1 aromatic heterocycles. The van der Waals surface area contributed by atoms with E-state index in [0.29, 0.717) is 24.6 Å². The average Bonchev–Trinajstić information content (AvgIpc) is 2.85. The molecule has 2 aromatic rings. The molecule has 3 rings (SSSR count). The number of ether oxygens (including phenoxy) is 1. The maximum absolute atomic E-state index is 12.9. The highest BCUT2D eigenvalue weighted by atomic mass is 35.5. The number of benzene rings is 1. The Morgan fingerprint density at radius 2 is 2.04 bits per heavy atom. The van der Waals surface area contributed by atoms with Crippen LogP contribution in [0.3, 0.4) is 0 Å². The number of hydrogen-bond acceptors (Lipinski definition) is 4. The zero-order chi connectivity index (χ0) is 16.8. The molecule has 1 saturated heterocycles. The molecule has 1 amide bonds. The fraction of sp³-hybridized carbons (Fsp3) is 0.444. The van der Waals surface area contributed by atoms with Crippen LogP contribution >= 0.6 is 12.4 Å². The highest BCUT2D eigenvalue weighted by molar-refractivity contribution is 5.95. The third kappa shape index (κ3) is 4.74. The molecular formula is C18H25ClN4O2. The highest BCUT2D eigenvalue weighted by Crippen LogP contribution is 2.22. The smallest absolute Gasteiger partial charge is 0.278 e. The Morgan fingerprint density at radius 1 is 1.24 bits per heavy atom. The molecule has 0 bridgehead atoms. The molecule has 1 aliphatic heterocycles. The number of halogens is 1.